The molecule has 0 amide bonds. The molecule has 0 spiro atoms. The van der Waals surface area contributed by atoms with Crippen LogP contribution in [-0.2, 0) is 5.41 Å². The van der Waals surface area contributed by atoms with E-state index in [9.17, 15) is 0 Å². The smallest absolute Gasteiger partial charge is 0.0165 e. The number of benzene rings is 1. The first-order valence-corrected chi connectivity index (χ1v) is 6.53. The average molecular weight is 215 g/mol. The molecule has 3 rings (SSSR count). The fourth-order valence-corrected chi connectivity index (χ4v) is 3.37. The molecule has 1 heterocycles. The average Bonchev–Trinajstić information content (AvgIpc) is 2.89. The third-order valence-electron chi connectivity index (χ3n) is 4.45. The van der Waals surface area contributed by atoms with Gasteiger partial charge in [0.1, 0.15) is 0 Å². The molecule has 86 valence electrons. The van der Waals surface area contributed by atoms with Crippen molar-refractivity contribution in [3.63, 3.8) is 0 Å². The molecule has 1 heteroatoms. The summed E-state index contributed by atoms with van der Waals surface area (Å²) in [6, 6.07) is 7.69. The zero-order chi connectivity index (χ0) is 11.2. The Bertz CT molecular complexity index is 398. The highest BCUT2D eigenvalue weighted by Gasteiger charge is 2.51. The van der Waals surface area contributed by atoms with Gasteiger partial charge in [-0.1, -0.05) is 23.8 Å². The van der Waals surface area contributed by atoms with Crippen LogP contribution < -0.4 is 5.32 Å². The molecule has 1 saturated heterocycles. The van der Waals surface area contributed by atoms with Gasteiger partial charge in [0.15, 0.2) is 0 Å². The van der Waals surface area contributed by atoms with Gasteiger partial charge in [0.25, 0.3) is 0 Å². The molecule has 0 aromatic heterocycles. The quantitative estimate of drug-likeness (QED) is 0.799. The molecule has 0 bridgehead atoms. The van der Waals surface area contributed by atoms with E-state index >= 15 is 0 Å². The zero-order valence-electron chi connectivity index (χ0n) is 10.3. The second-order valence-corrected chi connectivity index (χ2v) is 5.62. The van der Waals surface area contributed by atoms with Crippen molar-refractivity contribution in [1.29, 1.82) is 0 Å². The lowest BCUT2D eigenvalue weighted by molar-refractivity contribution is 0.471. The highest BCUT2D eigenvalue weighted by Crippen LogP contribution is 2.53. The van der Waals surface area contributed by atoms with E-state index in [0.717, 1.165) is 6.04 Å². The Morgan fingerprint density at radius 1 is 1.25 bits per heavy atom. The molecule has 1 atom stereocenters. The monoisotopic (exact) mass is 215 g/mol. The molecule has 1 aliphatic heterocycles. The molecule has 1 aromatic rings. The summed E-state index contributed by atoms with van der Waals surface area (Å²) in [6.07, 6.45) is 5.49. The lowest BCUT2D eigenvalue weighted by atomic mass is 9.84. The maximum atomic E-state index is 3.70. The largest absolute Gasteiger partial charge is 0.313 e. The molecule has 1 aliphatic carbocycles. The van der Waals surface area contributed by atoms with Crippen LogP contribution in [0.5, 0.6) is 0 Å². The maximum Gasteiger partial charge on any atom is 0.0165 e. The summed E-state index contributed by atoms with van der Waals surface area (Å²) in [4.78, 5) is 0. The van der Waals surface area contributed by atoms with Crippen molar-refractivity contribution in [2.45, 2.75) is 51.0 Å². The van der Waals surface area contributed by atoms with Crippen LogP contribution >= 0.6 is 0 Å². The summed E-state index contributed by atoms with van der Waals surface area (Å²) in [5.41, 5.74) is 5.00. The van der Waals surface area contributed by atoms with Crippen LogP contribution in [0.4, 0.5) is 0 Å². The van der Waals surface area contributed by atoms with Gasteiger partial charge >= 0.3 is 0 Å². The van der Waals surface area contributed by atoms with Gasteiger partial charge in [0, 0.05) is 11.5 Å². The van der Waals surface area contributed by atoms with E-state index in [0.29, 0.717) is 5.41 Å². The van der Waals surface area contributed by atoms with Gasteiger partial charge in [0.2, 0.25) is 0 Å². The summed E-state index contributed by atoms with van der Waals surface area (Å²) in [6.45, 7) is 5.70. The van der Waals surface area contributed by atoms with Crippen molar-refractivity contribution in [1.82, 2.24) is 5.32 Å². The van der Waals surface area contributed by atoms with Crippen LogP contribution in [-0.4, -0.2) is 12.6 Å². The van der Waals surface area contributed by atoms with Gasteiger partial charge < -0.3 is 5.32 Å². The molecule has 1 saturated carbocycles. The predicted octanol–water partition coefficient (Wildman–Crippen LogP) is 3.09. The Kier molecular flexibility index (Phi) is 2.32. The SMILES string of the molecule is Cc1ccc(C)c(C2(C3CCCN3)CC2)c1. The maximum absolute atomic E-state index is 3.70. The molecule has 0 radical (unpaired) electrons. The van der Waals surface area contributed by atoms with Crippen LogP contribution in [0.15, 0.2) is 18.2 Å². The molecule has 1 aromatic carbocycles. The molecular weight excluding hydrogens is 194 g/mol. The molecule has 2 fully saturated rings. The van der Waals surface area contributed by atoms with Gasteiger partial charge in [0.05, 0.1) is 0 Å². The first-order chi connectivity index (χ1) is 7.72. The Labute approximate surface area is 98.3 Å². The van der Waals surface area contributed by atoms with Crippen molar-refractivity contribution >= 4 is 0 Å². The molecule has 16 heavy (non-hydrogen) atoms. The second-order valence-electron chi connectivity index (χ2n) is 5.62. The van der Waals surface area contributed by atoms with Gasteiger partial charge in [-0.05, 0) is 57.2 Å². The van der Waals surface area contributed by atoms with Crippen LogP contribution in [0.3, 0.4) is 0 Å². The topological polar surface area (TPSA) is 12.0 Å². The number of nitrogens with one attached hydrogen (secondary N) is 1. The number of rotatable bonds is 2. The van der Waals surface area contributed by atoms with Gasteiger partial charge in [-0.3, -0.25) is 0 Å². The Morgan fingerprint density at radius 3 is 2.69 bits per heavy atom. The van der Waals surface area contributed by atoms with Gasteiger partial charge in [-0.2, -0.15) is 0 Å². The summed E-state index contributed by atoms with van der Waals surface area (Å²) >= 11 is 0. The van der Waals surface area contributed by atoms with Crippen LogP contribution in [0.25, 0.3) is 0 Å². The predicted molar refractivity (Wildman–Crippen MR) is 67.9 cm³/mol. The first-order valence-electron chi connectivity index (χ1n) is 6.53. The van der Waals surface area contributed by atoms with Crippen molar-refractivity contribution in [3.8, 4) is 0 Å². The number of hydrogen-bond acceptors (Lipinski definition) is 1. The summed E-state index contributed by atoms with van der Waals surface area (Å²) < 4.78 is 0. The van der Waals surface area contributed by atoms with Gasteiger partial charge in [-0.25, -0.2) is 0 Å². The minimum Gasteiger partial charge on any atom is -0.313 e. The molecular formula is C15H21N. The van der Waals surface area contributed by atoms with E-state index in [1.807, 2.05) is 0 Å². The van der Waals surface area contributed by atoms with E-state index in [1.165, 1.54) is 43.4 Å². The lowest BCUT2D eigenvalue weighted by Crippen LogP contribution is -2.35. The first kappa shape index (κ1) is 10.3. The van der Waals surface area contributed by atoms with Crippen molar-refractivity contribution in [2.24, 2.45) is 0 Å². The zero-order valence-corrected chi connectivity index (χ0v) is 10.3. The van der Waals surface area contributed by atoms with Gasteiger partial charge in [-0.15, -0.1) is 0 Å². The highest BCUT2D eigenvalue weighted by molar-refractivity contribution is 5.42. The van der Waals surface area contributed by atoms with Crippen molar-refractivity contribution in [2.75, 3.05) is 6.54 Å². The van der Waals surface area contributed by atoms with Crippen LogP contribution in [0, 0.1) is 13.8 Å². The number of hydrogen-bond donors (Lipinski definition) is 1. The Morgan fingerprint density at radius 2 is 2.06 bits per heavy atom. The van der Waals surface area contributed by atoms with E-state index in [-0.39, 0.29) is 0 Å². The fourth-order valence-electron chi connectivity index (χ4n) is 3.37. The van der Waals surface area contributed by atoms with Crippen molar-refractivity contribution in [3.05, 3.63) is 34.9 Å². The lowest BCUT2D eigenvalue weighted by Gasteiger charge is -2.25. The van der Waals surface area contributed by atoms with E-state index in [4.69, 9.17) is 0 Å². The second kappa shape index (κ2) is 3.59. The van der Waals surface area contributed by atoms with Crippen LogP contribution in [0.2, 0.25) is 0 Å². The van der Waals surface area contributed by atoms with Crippen molar-refractivity contribution < 1.29 is 0 Å². The van der Waals surface area contributed by atoms with E-state index < -0.39 is 0 Å². The van der Waals surface area contributed by atoms with E-state index in [1.54, 1.807) is 5.56 Å². The summed E-state index contributed by atoms with van der Waals surface area (Å²) in [7, 11) is 0. The molecule has 1 N–H and O–H groups in total. The van der Waals surface area contributed by atoms with E-state index in [2.05, 4.69) is 37.4 Å². The standard InChI is InChI=1S/C15H21N/c1-11-5-6-12(2)13(10-11)15(7-8-15)14-4-3-9-16-14/h5-6,10,14,16H,3-4,7-9H2,1-2H3. The third-order valence-corrected chi connectivity index (χ3v) is 4.45. The normalized spacial score (nSPS) is 27.0. The fraction of sp³-hybridized carbons (Fsp3) is 0.600. The molecule has 1 nitrogen and oxygen atoms in total. The minimum atomic E-state index is 0.493. The number of aryl methyl sites for hydroxylation is 2. The Hall–Kier alpha value is -0.820. The Balaban J connectivity index is 1.98. The van der Waals surface area contributed by atoms with Crippen LogP contribution in [0.1, 0.15) is 42.4 Å². The summed E-state index contributed by atoms with van der Waals surface area (Å²) in [5, 5.41) is 3.70. The highest BCUT2D eigenvalue weighted by atomic mass is 15.0. The molecule has 1 unspecified atom stereocenters. The third kappa shape index (κ3) is 1.49. The minimum absolute atomic E-state index is 0.493. The molecule has 2 aliphatic rings. The summed E-state index contributed by atoms with van der Waals surface area (Å²) in [5.74, 6) is 0.